The van der Waals surface area contributed by atoms with E-state index in [1.54, 1.807) is 24.0 Å². The predicted octanol–water partition coefficient (Wildman–Crippen LogP) is 0.487. The highest BCUT2D eigenvalue weighted by Crippen LogP contribution is 2.21. The summed E-state index contributed by atoms with van der Waals surface area (Å²) in [7, 11) is 0. The number of nitrogens with zero attached hydrogens (tertiary/aromatic N) is 3. The van der Waals surface area contributed by atoms with Gasteiger partial charge in [-0.25, -0.2) is 0 Å². The Labute approximate surface area is 112 Å². The molecule has 0 aromatic carbocycles. The summed E-state index contributed by atoms with van der Waals surface area (Å²) < 4.78 is 1.72. The molecule has 0 aliphatic carbocycles. The molecule has 0 saturated carbocycles. The summed E-state index contributed by atoms with van der Waals surface area (Å²) in [6.45, 7) is 4.95. The SMILES string of the molecule is CCC(C)(C(=O)NCCCn1ccnn1)C(N)=S. The quantitative estimate of drug-likeness (QED) is 0.555. The maximum Gasteiger partial charge on any atom is 0.232 e. The van der Waals surface area contributed by atoms with Crippen molar-refractivity contribution in [2.75, 3.05) is 6.54 Å². The van der Waals surface area contributed by atoms with Crippen molar-refractivity contribution < 1.29 is 4.79 Å². The largest absolute Gasteiger partial charge is 0.392 e. The lowest BCUT2D eigenvalue weighted by atomic mass is 9.86. The number of carbonyl (C=O) groups is 1. The van der Waals surface area contributed by atoms with E-state index in [9.17, 15) is 4.79 Å². The van der Waals surface area contributed by atoms with Gasteiger partial charge in [0.25, 0.3) is 0 Å². The van der Waals surface area contributed by atoms with Crippen molar-refractivity contribution in [3.05, 3.63) is 12.4 Å². The number of carbonyl (C=O) groups excluding carboxylic acids is 1. The van der Waals surface area contributed by atoms with Crippen molar-refractivity contribution in [1.29, 1.82) is 0 Å². The summed E-state index contributed by atoms with van der Waals surface area (Å²) in [5.41, 5.74) is 4.85. The van der Waals surface area contributed by atoms with Crippen molar-refractivity contribution in [2.24, 2.45) is 11.1 Å². The van der Waals surface area contributed by atoms with E-state index < -0.39 is 5.41 Å². The number of thiocarbonyl (C=S) groups is 1. The van der Waals surface area contributed by atoms with Crippen LogP contribution in [0.5, 0.6) is 0 Å². The van der Waals surface area contributed by atoms with Gasteiger partial charge in [-0.15, -0.1) is 5.10 Å². The van der Waals surface area contributed by atoms with Crippen LogP contribution in [0.2, 0.25) is 0 Å². The molecule has 0 aliphatic heterocycles. The average molecular weight is 269 g/mol. The molecule has 1 amide bonds. The Hall–Kier alpha value is -1.50. The molecule has 1 aromatic rings. The number of hydrogen-bond donors (Lipinski definition) is 2. The van der Waals surface area contributed by atoms with Crippen molar-refractivity contribution in [3.8, 4) is 0 Å². The van der Waals surface area contributed by atoms with E-state index in [1.807, 2.05) is 6.92 Å². The second kappa shape index (κ2) is 6.44. The fourth-order valence-corrected chi connectivity index (χ4v) is 1.67. The van der Waals surface area contributed by atoms with Gasteiger partial charge in [0.2, 0.25) is 5.91 Å². The third-order valence-corrected chi connectivity index (χ3v) is 3.52. The summed E-state index contributed by atoms with van der Waals surface area (Å²) in [4.78, 5) is 12.2. The van der Waals surface area contributed by atoms with Gasteiger partial charge in [-0.2, -0.15) is 0 Å². The Balaban J connectivity index is 2.34. The normalized spacial score (nSPS) is 13.9. The zero-order valence-corrected chi connectivity index (χ0v) is 11.5. The van der Waals surface area contributed by atoms with E-state index >= 15 is 0 Å². The lowest BCUT2D eigenvalue weighted by Gasteiger charge is -2.25. The lowest BCUT2D eigenvalue weighted by Crippen LogP contribution is -2.46. The van der Waals surface area contributed by atoms with E-state index in [-0.39, 0.29) is 10.9 Å². The van der Waals surface area contributed by atoms with Gasteiger partial charge in [0.15, 0.2) is 0 Å². The Kier molecular flexibility index (Phi) is 5.21. The van der Waals surface area contributed by atoms with Gasteiger partial charge in [-0.05, 0) is 19.8 Å². The molecule has 0 saturated heterocycles. The number of rotatable bonds is 7. The van der Waals surface area contributed by atoms with E-state index in [4.69, 9.17) is 18.0 Å². The van der Waals surface area contributed by atoms with Crippen LogP contribution in [0.15, 0.2) is 12.4 Å². The highest BCUT2D eigenvalue weighted by atomic mass is 32.1. The fraction of sp³-hybridized carbons (Fsp3) is 0.636. The van der Waals surface area contributed by atoms with Crippen LogP contribution < -0.4 is 11.1 Å². The first-order valence-electron chi connectivity index (χ1n) is 5.93. The summed E-state index contributed by atoms with van der Waals surface area (Å²) in [5.74, 6) is -0.115. The molecule has 0 spiro atoms. The highest BCUT2D eigenvalue weighted by Gasteiger charge is 2.34. The Morgan fingerprint density at radius 3 is 2.83 bits per heavy atom. The maximum absolute atomic E-state index is 12.0. The Bertz CT molecular complexity index is 406. The summed E-state index contributed by atoms with van der Waals surface area (Å²) in [6, 6.07) is 0. The van der Waals surface area contributed by atoms with Crippen molar-refractivity contribution in [1.82, 2.24) is 20.3 Å². The van der Waals surface area contributed by atoms with Crippen LogP contribution in [0.3, 0.4) is 0 Å². The van der Waals surface area contributed by atoms with Crippen LogP contribution in [-0.4, -0.2) is 32.4 Å². The number of aromatic nitrogens is 3. The molecule has 1 unspecified atom stereocenters. The first-order valence-corrected chi connectivity index (χ1v) is 6.34. The molecular formula is C11H19N5OS. The molecule has 7 heteroatoms. The highest BCUT2D eigenvalue weighted by molar-refractivity contribution is 7.80. The number of aryl methyl sites for hydroxylation is 1. The van der Waals surface area contributed by atoms with Gasteiger partial charge in [0, 0.05) is 19.3 Å². The van der Waals surface area contributed by atoms with Crippen molar-refractivity contribution in [3.63, 3.8) is 0 Å². The third-order valence-electron chi connectivity index (χ3n) is 3.07. The molecule has 0 fully saturated rings. The molecular weight excluding hydrogens is 250 g/mol. The first-order chi connectivity index (χ1) is 8.50. The molecule has 18 heavy (non-hydrogen) atoms. The van der Waals surface area contributed by atoms with Gasteiger partial charge in [-0.3, -0.25) is 9.48 Å². The smallest absolute Gasteiger partial charge is 0.232 e. The summed E-state index contributed by atoms with van der Waals surface area (Å²) in [6.07, 6.45) is 4.79. The standard InChI is InChI=1S/C11H19N5OS/c1-3-11(2,9(12)18)10(17)13-5-4-7-16-8-6-14-15-16/h6,8H,3-5,7H2,1-2H3,(H2,12,18)(H,13,17). The molecule has 1 heterocycles. The van der Waals surface area contributed by atoms with E-state index in [0.29, 0.717) is 13.0 Å². The molecule has 0 bridgehead atoms. The van der Waals surface area contributed by atoms with E-state index in [2.05, 4.69) is 15.6 Å². The first kappa shape index (κ1) is 14.6. The number of hydrogen-bond acceptors (Lipinski definition) is 4. The average Bonchev–Trinajstić information content (AvgIpc) is 2.86. The lowest BCUT2D eigenvalue weighted by molar-refractivity contribution is -0.126. The summed E-state index contributed by atoms with van der Waals surface area (Å²) >= 11 is 4.94. The monoisotopic (exact) mass is 269 g/mol. The molecule has 1 aromatic heterocycles. The second-order valence-electron chi connectivity index (χ2n) is 4.33. The Morgan fingerprint density at radius 2 is 2.33 bits per heavy atom. The summed E-state index contributed by atoms with van der Waals surface area (Å²) in [5, 5.41) is 10.4. The minimum absolute atomic E-state index is 0.115. The number of amides is 1. The fourth-order valence-electron chi connectivity index (χ4n) is 1.44. The van der Waals surface area contributed by atoms with Crippen LogP contribution in [0, 0.1) is 5.41 Å². The molecule has 100 valence electrons. The zero-order valence-electron chi connectivity index (χ0n) is 10.7. The number of nitrogens with two attached hydrogens (primary N) is 1. The van der Waals surface area contributed by atoms with Crippen molar-refractivity contribution >= 4 is 23.1 Å². The molecule has 0 aliphatic rings. The van der Waals surface area contributed by atoms with E-state index in [1.165, 1.54) is 0 Å². The van der Waals surface area contributed by atoms with Crippen LogP contribution in [0.4, 0.5) is 0 Å². The molecule has 1 atom stereocenters. The van der Waals surface area contributed by atoms with Crippen LogP contribution in [-0.2, 0) is 11.3 Å². The third kappa shape index (κ3) is 3.49. The second-order valence-corrected chi connectivity index (χ2v) is 4.77. The Morgan fingerprint density at radius 1 is 1.61 bits per heavy atom. The molecule has 0 radical (unpaired) electrons. The predicted molar refractivity (Wildman–Crippen MR) is 72.8 cm³/mol. The maximum atomic E-state index is 12.0. The molecule has 6 nitrogen and oxygen atoms in total. The van der Waals surface area contributed by atoms with Gasteiger partial charge >= 0.3 is 0 Å². The van der Waals surface area contributed by atoms with Gasteiger partial charge < -0.3 is 11.1 Å². The molecule has 3 N–H and O–H groups in total. The molecule has 1 rings (SSSR count). The minimum Gasteiger partial charge on any atom is -0.392 e. The topological polar surface area (TPSA) is 85.8 Å². The van der Waals surface area contributed by atoms with Crippen LogP contribution in [0.25, 0.3) is 0 Å². The van der Waals surface area contributed by atoms with Crippen LogP contribution >= 0.6 is 12.2 Å². The van der Waals surface area contributed by atoms with Crippen molar-refractivity contribution in [2.45, 2.75) is 33.2 Å². The zero-order chi connectivity index (χ0) is 13.6. The van der Waals surface area contributed by atoms with Gasteiger partial charge in [0.1, 0.15) is 0 Å². The van der Waals surface area contributed by atoms with Gasteiger partial charge in [-0.1, -0.05) is 24.4 Å². The number of nitrogens with one attached hydrogen (secondary N) is 1. The van der Waals surface area contributed by atoms with E-state index in [0.717, 1.165) is 13.0 Å². The minimum atomic E-state index is -0.761. The van der Waals surface area contributed by atoms with Crippen LogP contribution in [0.1, 0.15) is 26.7 Å². The van der Waals surface area contributed by atoms with Gasteiger partial charge in [0.05, 0.1) is 16.6 Å².